The number of benzene rings is 2. The van der Waals surface area contributed by atoms with Crippen molar-refractivity contribution in [3.8, 4) is 11.5 Å². The first kappa shape index (κ1) is 23.2. The number of carbonyl (C=O) groups excluding carboxylic acids is 1. The molecule has 0 radical (unpaired) electrons. The van der Waals surface area contributed by atoms with Crippen LogP contribution in [0.4, 0.5) is 13.2 Å². The highest BCUT2D eigenvalue weighted by Crippen LogP contribution is 2.33. The molecule has 0 unspecified atom stereocenters. The maximum atomic E-state index is 12.8. The first-order valence-corrected chi connectivity index (χ1v) is 9.22. The van der Waals surface area contributed by atoms with Crippen molar-refractivity contribution in [3.05, 3.63) is 57.6 Å². The summed E-state index contributed by atoms with van der Waals surface area (Å²) in [6.07, 6.45) is -3.32. The van der Waals surface area contributed by atoms with E-state index in [1.807, 2.05) is 0 Å². The third kappa shape index (κ3) is 6.48. The van der Waals surface area contributed by atoms with Crippen molar-refractivity contribution in [3.63, 3.8) is 0 Å². The standard InChI is InChI=1S/C19H16BrF3N2O5/c1-2-29-15-7-12(14(20)8-16(15)30-10-17(26)27)9-24-25-18(28)11-4-3-5-13(6-11)19(21,22)23/h3-9H,2,10H2,1H3,(H,25,28)(H,26,27)/b24-9-. The number of nitrogens with zero attached hydrogens (tertiary/aromatic N) is 1. The summed E-state index contributed by atoms with van der Waals surface area (Å²) < 4.78 is 49.3. The highest BCUT2D eigenvalue weighted by atomic mass is 79.9. The average molecular weight is 489 g/mol. The van der Waals surface area contributed by atoms with E-state index in [4.69, 9.17) is 14.6 Å². The second-order valence-corrected chi connectivity index (χ2v) is 6.57. The van der Waals surface area contributed by atoms with Gasteiger partial charge >= 0.3 is 12.1 Å². The second kappa shape index (κ2) is 10.1. The molecule has 0 atom stereocenters. The molecule has 1 amide bonds. The van der Waals surface area contributed by atoms with Crippen LogP contribution >= 0.6 is 15.9 Å². The predicted octanol–water partition coefficient (Wildman–Crippen LogP) is 4.09. The van der Waals surface area contributed by atoms with Gasteiger partial charge in [-0.2, -0.15) is 18.3 Å². The maximum Gasteiger partial charge on any atom is 0.416 e. The lowest BCUT2D eigenvalue weighted by Gasteiger charge is -2.12. The van der Waals surface area contributed by atoms with Gasteiger partial charge in [0.1, 0.15) is 0 Å². The number of hydrogen-bond donors (Lipinski definition) is 2. The number of hydrogen-bond acceptors (Lipinski definition) is 5. The molecule has 0 aromatic heterocycles. The summed E-state index contributed by atoms with van der Waals surface area (Å²) in [5.41, 5.74) is 1.46. The number of rotatable bonds is 8. The number of carboxylic acids is 1. The molecule has 2 N–H and O–H groups in total. The second-order valence-electron chi connectivity index (χ2n) is 5.71. The van der Waals surface area contributed by atoms with Gasteiger partial charge in [0, 0.05) is 15.6 Å². The smallest absolute Gasteiger partial charge is 0.416 e. The van der Waals surface area contributed by atoms with E-state index in [0.29, 0.717) is 10.0 Å². The molecule has 11 heteroatoms. The SMILES string of the molecule is CCOc1cc(/C=N\NC(=O)c2cccc(C(F)(F)F)c2)c(Br)cc1OCC(=O)O. The van der Waals surface area contributed by atoms with E-state index in [0.717, 1.165) is 18.2 Å². The number of alkyl halides is 3. The number of amides is 1. The molecule has 0 bridgehead atoms. The lowest BCUT2D eigenvalue weighted by Crippen LogP contribution is -2.18. The molecule has 0 heterocycles. The van der Waals surface area contributed by atoms with Gasteiger partial charge in [-0.1, -0.05) is 6.07 Å². The van der Waals surface area contributed by atoms with Gasteiger partial charge in [0.2, 0.25) is 0 Å². The Morgan fingerprint density at radius 3 is 2.53 bits per heavy atom. The number of carbonyl (C=O) groups is 2. The van der Waals surface area contributed by atoms with Crippen molar-refractivity contribution in [2.24, 2.45) is 5.10 Å². The third-order valence-electron chi connectivity index (χ3n) is 3.54. The molecular weight excluding hydrogens is 473 g/mol. The fraction of sp³-hybridized carbons (Fsp3) is 0.211. The summed E-state index contributed by atoms with van der Waals surface area (Å²) in [6.45, 7) is 1.45. The van der Waals surface area contributed by atoms with Gasteiger partial charge in [-0.3, -0.25) is 4.79 Å². The van der Waals surface area contributed by atoms with E-state index in [9.17, 15) is 22.8 Å². The predicted molar refractivity (Wildman–Crippen MR) is 105 cm³/mol. The van der Waals surface area contributed by atoms with E-state index >= 15 is 0 Å². The van der Waals surface area contributed by atoms with Crippen LogP contribution in [0.1, 0.15) is 28.4 Å². The number of halogens is 4. The Morgan fingerprint density at radius 2 is 1.90 bits per heavy atom. The van der Waals surface area contributed by atoms with Crippen molar-refractivity contribution >= 4 is 34.0 Å². The summed E-state index contributed by atoms with van der Waals surface area (Å²) in [4.78, 5) is 22.8. The zero-order valence-electron chi connectivity index (χ0n) is 15.5. The molecule has 2 aromatic rings. The van der Waals surface area contributed by atoms with Crippen molar-refractivity contribution in [2.75, 3.05) is 13.2 Å². The van der Waals surface area contributed by atoms with Gasteiger partial charge in [-0.05, 0) is 53.2 Å². The molecular formula is C19H16BrF3N2O5. The van der Waals surface area contributed by atoms with Crippen molar-refractivity contribution in [1.82, 2.24) is 5.43 Å². The fourth-order valence-electron chi connectivity index (χ4n) is 2.23. The molecule has 0 aliphatic heterocycles. The Bertz CT molecular complexity index is 964. The molecule has 0 aliphatic carbocycles. The molecule has 160 valence electrons. The topological polar surface area (TPSA) is 97.2 Å². The number of ether oxygens (including phenoxy) is 2. The first-order chi connectivity index (χ1) is 14.1. The number of hydrazone groups is 1. The largest absolute Gasteiger partial charge is 0.490 e. The average Bonchev–Trinajstić information content (AvgIpc) is 2.68. The number of carboxylic acid groups (broad SMARTS) is 1. The third-order valence-corrected chi connectivity index (χ3v) is 4.22. The molecule has 0 spiro atoms. The zero-order chi connectivity index (χ0) is 22.3. The Hall–Kier alpha value is -3.08. The molecule has 2 aromatic carbocycles. The van der Waals surface area contributed by atoms with E-state index in [2.05, 4.69) is 26.5 Å². The highest BCUT2D eigenvalue weighted by Gasteiger charge is 2.30. The summed E-state index contributed by atoms with van der Waals surface area (Å²) in [7, 11) is 0. The monoisotopic (exact) mass is 488 g/mol. The van der Waals surface area contributed by atoms with Gasteiger partial charge in [0.25, 0.3) is 5.91 Å². The van der Waals surface area contributed by atoms with E-state index in [1.54, 1.807) is 6.92 Å². The van der Waals surface area contributed by atoms with Gasteiger partial charge in [-0.25, -0.2) is 10.2 Å². The molecule has 30 heavy (non-hydrogen) atoms. The van der Waals surface area contributed by atoms with Crippen LogP contribution in [0.25, 0.3) is 0 Å². The molecule has 0 aliphatic rings. The van der Waals surface area contributed by atoms with Crippen molar-refractivity contribution in [2.45, 2.75) is 13.1 Å². The van der Waals surface area contributed by atoms with Crippen LogP contribution in [0.5, 0.6) is 11.5 Å². The minimum atomic E-state index is -4.56. The normalized spacial score (nSPS) is 11.4. The van der Waals surface area contributed by atoms with Crippen LogP contribution in [-0.4, -0.2) is 36.4 Å². The molecule has 7 nitrogen and oxygen atoms in total. The summed E-state index contributed by atoms with van der Waals surface area (Å²) in [5, 5.41) is 12.5. The van der Waals surface area contributed by atoms with E-state index in [-0.39, 0.29) is 23.7 Å². The maximum absolute atomic E-state index is 12.8. The van der Waals surface area contributed by atoms with E-state index in [1.165, 1.54) is 24.4 Å². The van der Waals surface area contributed by atoms with Crippen LogP contribution in [0.15, 0.2) is 46.0 Å². The Morgan fingerprint density at radius 1 is 1.20 bits per heavy atom. The van der Waals surface area contributed by atoms with Gasteiger partial charge in [0.05, 0.1) is 18.4 Å². The summed E-state index contributed by atoms with van der Waals surface area (Å²) >= 11 is 3.27. The van der Waals surface area contributed by atoms with Gasteiger partial charge < -0.3 is 14.6 Å². The molecule has 0 saturated carbocycles. The zero-order valence-corrected chi connectivity index (χ0v) is 17.1. The van der Waals surface area contributed by atoms with Crippen LogP contribution < -0.4 is 14.9 Å². The van der Waals surface area contributed by atoms with Gasteiger partial charge in [0.15, 0.2) is 18.1 Å². The van der Waals surface area contributed by atoms with Crippen LogP contribution in [0.3, 0.4) is 0 Å². The molecule has 0 fully saturated rings. The number of nitrogens with one attached hydrogen (secondary N) is 1. The van der Waals surface area contributed by atoms with Crippen molar-refractivity contribution < 1.29 is 37.3 Å². The lowest BCUT2D eigenvalue weighted by molar-refractivity contribution is -0.139. The minimum Gasteiger partial charge on any atom is -0.490 e. The van der Waals surface area contributed by atoms with E-state index < -0.39 is 30.2 Å². The fourth-order valence-corrected chi connectivity index (χ4v) is 2.66. The molecule has 0 saturated heterocycles. The van der Waals surface area contributed by atoms with Crippen LogP contribution in [0.2, 0.25) is 0 Å². The molecule has 2 rings (SSSR count). The van der Waals surface area contributed by atoms with Crippen LogP contribution in [0, 0.1) is 0 Å². The quantitative estimate of drug-likeness (QED) is 0.430. The Balaban J connectivity index is 2.16. The number of aliphatic carboxylic acids is 1. The van der Waals surface area contributed by atoms with Crippen molar-refractivity contribution in [1.29, 1.82) is 0 Å². The highest BCUT2D eigenvalue weighted by molar-refractivity contribution is 9.10. The Labute approximate surface area is 177 Å². The van der Waals surface area contributed by atoms with Crippen LogP contribution in [-0.2, 0) is 11.0 Å². The Kier molecular flexibility index (Phi) is 7.81. The lowest BCUT2D eigenvalue weighted by atomic mass is 10.1. The minimum absolute atomic E-state index is 0.191. The summed E-state index contributed by atoms with van der Waals surface area (Å²) in [6, 6.07) is 6.93. The van der Waals surface area contributed by atoms with Gasteiger partial charge in [-0.15, -0.1) is 0 Å². The summed E-state index contributed by atoms with van der Waals surface area (Å²) in [5.74, 6) is -1.53. The first-order valence-electron chi connectivity index (χ1n) is 8.43.